The molecule has 1 unspecified atom stereocenters. The second-order valence-corrected chi connectivity index (χ2v) is 3.05. The second-order valence-electron chi connectivity index (χ2n) is 2.02. The molecule has 0 aromatic carbocycles. The summed E-state index contributed by atoms with van der Waals surface area (Å²) in [5, 5.41) is 12.1. The molecule has 0 aromatic rings. The van der Waals surface area contributed by atoms with Crippen LogP contribution in [0.25, 0.3) is 0 Å². The number of rotatable bonds is 3. The maximum absolute atomic E-state index is 8.97. The Morgan fingerprint density at radius 1 is 1.42 bits per heavy atom. The first kappa shape index (κ1) is 14.3. The average Bonchev–Trinajstić information content (AvgIpc) is 1.85. The Morgan fingerprint density at radius 3 is 1.83 bits per heavy atom. The standard InChI is InChI=1S/C4H12N2O.H3NO3S/c5-3-4(6)1-2-7;1-5(2,3)4/h4,7H,1-3,5-6H2;(H3,1,2,3,4). The highest BCUT2D eigenvalue weighted by Gasteiger charge is 1.93. The summed E-state index contributed by atoms with van der Waals surface area (Å²) in [4.78, 5) is 0. The van der Waals surface area contributed by atoms with E-state index in [2.05, 4.69) is 5.14 Å². The van der Waals surface area contributed by atoms with Gasteiger partial charge in [0.1, 0.15) is 0 Å². The average molecular weight is 201 g/mol. The molecule has 0 aliphatic rings. The van der Waals surface area contributed by atoms with Gasteiger partial charge in [0, 0.05) is 19.2 Å². The summed E-state index contributed by atoms with van der Waals surface area (Å²) >= 11 is 0. The quantitative estimate of drug-likeness (QED) is 0.316. The van der Waals surface area contributed by atoms with Crippen LogP contribution in [0, 0.1) is 0 Å². The van der Waals surface area contributed by atoms with Gasteiger partial charge < -0.3 is 16.6 Å². The molecule has 0 aromatic heterocycles. The van der Waals surface area contributed by atoms with E-state index in [9.17, 15) is 0 Å². The summed E-state index contributed by atoms with van der Waals surface area (Å²) in [5.74, 6) is 0. The molecule has 1 atom stereocenters. The van der Waals surface area contributed by atoms with E-state index in [1.165, 1.54) is 0 Å². The van der Waals surface area contributed by atoms with Crippen LogP contribution in [0.2, 0.25) is 0 Å². The van der Waals surface area contributed by atoms with Crippen LogP contribution < -0.4 is 16.6 Å². The van der Waals surface area contributed by atoms with E-state index in [4.69, 9.17) is 29.5 Å². The van der Waals surface area contributed by atoms with Crippen molar-refractivity contribution in [2.24, 2.45) is 16.6 Å². The highest BCUT2D eigenvalue weighted by atomic mass is 32.2. The lowest BCUT2D eigenvalue weighted by atomic mass is 10.2. The van der Waals surface area contributed by atoms with Crippen LogP contribution in [0.5, 0.6) is 0 Å². The molecule has 0 amide bonds. The topological polar surface area (TPSA) is 153 Å². The van der Waals surface area contributed by atoms with Crippen molar-refractivity contribution in [1.29, 1.82) is 0 Å². The molecule has 0 spiro atoms. The predicted octanol–water partition coefficient (Wildman–Crippen LogP) is -2.60. The Morgan fingerprint density at radius 2 is 1.75 bits per heavy atom. The van der Waals surface area contributed by atoms with Gasteiger partial charge in [0.25, 0.3) is 0 Å². The summed E-state index contributed by atoms with van der Waals surface area (Å²) < 4.78 is 25.2. The van der Waals surface area contributed by atoms with Gasteiger partial charge in [0.05, 0.1) is 0 Å². The fourth-order valence-corrected chi connectivity index (χ4v) is 0.284. The van der Waals surface area contributed by atoms with E-state index in [-0.39, 0.29) is 12.6 Å². The van der Waals surface area contributed by atoms with Gasteiger partial charge in [-0.15, -0.1) is 0 Å². The summed E-state index contributed by atoms with van der Waals surface area (Å²) in [6.45, 7) is 0.596. The maximum Gasteiger partial charge on any atom is 0.330 e. The molecule has 0 heterocycles. The third kappa shape index (κ3) is 33.1. The fraction of sp³-hybridized carbons (Fsp3) is 1.00. The Hall–Kier alpha value is -0.250. The lowest BCUT2D eigenvalue weighted by molar-refractivity contribution is 0.277. The molecule has 0 aliphatic carbocycles. The van der Waals surface area contributed by atoms with Crippen LogP contribution in [0.15, 0.2) is 0 Å². The van der Waals surface area contributed by atoms with E-state index in [1.54, 1.807) is 0 Å². The van der Waals surface area contributed by atoms with Crippen LogP contribution in [-0.2, 0) is 10.3 Å². The molecule has 8 N–H and O–H groups in total. The third-order valence-corrected chi connectivity index (χ3v) is 0.803. The molecular formula is C4H15N3O4S. The van der Waals surface area contributed by atoms with Crippen LogP contribution in [-0.4, -0.2) is 37.3 Å². The first-order chi connectivity index (χ1) is 5.31. The van der Waals surface area contributed by atoms with Gasteiger partial charge in [0.15, 0.2) is 0 Å². The monoisotopic (exact) mass is 201 g/mol. The van der Waals surface area contributed by atoms with Gasteiger partial charge in [-0.1, -0.05) is 0 Å². The Labute approximate surface area is 71.4 Å². The molecule has 0 saturated heterocycles. The van der Waals surface area contributed by atoms with Gasteiger partial charge in [-0.3, -0.25) is 4.55 Å². The van der Waals surface area contributed by atoms with Crippen LogP contribution in [0.4, 0.5) is 0 Å². The molecule has 0 radical (unpaired) electrons. The number of aliphatic hydroxyl groups excluding tert-OH is 1. The van der Waals surface area contributed by atoms with Gasteiger partial charge in [-0.2, -0.15) is 8.42 Å². The van der Waals surface area contributed by atoms with Crippen molar-refractivity contribution in [2.75, 3.05) is 13.2 Å². The van der Waals surface area contributed by atoms with E-state index in [0.717, 1.165) is 0 Å². The van der Waals surface area contributed by atoms with Crippen molar-refractivity contribution in [2.45, 2.75) is 12.5 Å². The Bertz CT molecular complexity index is 173. The van der Waals surface area contributed by atoms with Gasteiger partial charge in [0.2, 0.25) is 0 Å². The van der Waals surface area contributed by atoms with Crippen molar-refractivity contribution in [1.82, 2.24) is 0 Å². The lowest BCUT2D eigenvalue weighted by Gasteiger charge is -2.02. The maximum atomic E-state index is 8.97. The van der Waals surface area contributed by atoms with E-state index in [0.29, 0.717) is 13.0 Å². The van der Waals surface area contributed by atoms with Crippen molar-refractivity contribution >= 4 is 10.3 Å². The molecule has 76 valence electrons. The zero-order chi connectivity index (χ0) is 10.2. The predicted molar refractivity (Wildman–Crippen MR) is 44.5 cm³/mol. The lowest BCUT2D eigenvalue weighted by Crippen LogP contribution is -2.30. The summed E-state index contributed by atoms with van der Waals surface area (Å²) in [6.07, 6.45) is 0.608. The molecule has 0 fully saturated rings. The number of hydrogen-bond donors (Lipinski definition) is 5. The van der Waals surface area contributed by atoms with Crippen molar-refractivity contribution in [3.63, 3.8) is 0 Å². The van der Waals surface area contributed by atoms with E-state index in [1.807, 2.05) is 0 Å². The smallest absolute Gasteiger partial charge is 0.330 e. The largest absolute Gasteiger partial charge is 0.396 e. The van der Waals surface area contributed by atoms with Crippen LogP contribution >= 0.6 is 0 Å². The van der Waals surface area contributed by atoms with Crippen LogP contribution in [0.3, 0.4) is 0 Å². The summed E-state index contributed by atoms with van der Waals surface area (Å²) in [7, 11) is -4.17. The highest BCUT2D eigenvalue weighted by Crippen LogP contribution is 1.79. The van der Waals surface area contributed by atoms with Crippen molar-refractivity contribution < 1.29 is 18.1 Å². The summed E-state index contributed by atoms with van der Waals surface area (Å²) in [5.41, 5.74) is 10.4. The normalized spacial score (nSPS) is 13.1. The number of nitrogens with two attached hydrogens (primary N) is 3. The molecule has 0 bridgehead atoms. The zero-order valence-electron chi connectivity index (χ0n) is 6.55. The summed E-state index contributed by atoms with van der Waals surface area (Å²) in [6, 6.07) is -0.0231. The minimum Gasteiger partial charge on any atom is -0.396 e. The Kier molecular flexibility index (Phi) is 8.81. The van der Waals surface area contributed by atoms with Gasteiger partial charge in [-0.25, -0.2) is 5.14 Å². The molecule has 7 nitrogen and oxygen atoms in total. The molecule has 0 rings (SSSR count). The molecular weight excluding hydrogens is 186 g/mol. The van der Waals surface area contributed by atoms with Gasteiger partial charge in [-0.05, 0) is 6.42 Å². The first-order valence-corrected chi connectivity index (χ1v) is 4.63. The fourth-order valence-electron chi connectivity index (χ4n) is 0.284. The second kappa shape index (κ2) is 7.40. The molecule has 12 heavy (non-hydrogen) atoms. The van der Waals surface area contributed by atoms with Crippen LogP contribution in [0.1, 0.15) is 6.42 Å². The van der Waals surface area contributed by atoms with Gasteiger partial charge >= 0.3 is 10.3 Å². The third-order valence-electron chi connectivity index (χ3n) is 0.803. The SMILES string of the molecule is NCC(N)CCO.NS(=O)(=O)O. The molecule has 0 saturated carbocycles. The number of aliphatic hydroxyl groups is 1. The van der Waals surface area contributed by atoms with Crippen molar-refractivity contribution in [3.8, 4) is 0 Å². The minimum atomic E-state index is -4.17. The van der Waals surface area contributed by atoms with E-state index >= 15 is 0 Å². The molecule has 8 heteroatoms. The minimum absolute atomic E-state index is 0.0231. The van der Waals surface area contributed by atoms with E-state index < -0.39 is 10.3 Å². The number of hydrogen-bond acceptors (Lipinski definition) is 5. The highest BCUT2D eigenvalue weighted by molar-refractivity contribution is 7.83. The zero-order valence-corrected chi connectivity index (χ0v) is 7.37. The van der Waals surface area contributed by atoms with Crippen molar-refractivity contribution in [3.05, 3.63) is 0 Å². The Balaban J connectivity index is 0. The molecule has 0 aliphatic heterocycles. The first-order valence-electron chi connectivity index (χ1n) is 3.13.